The average Bonchev–Trinajstić information content (AvgIpc) is 3.26. The van der Waals surface area contributed by atoms with Crippen LogP contribution in [0.15, 0.2) is 12.7 Å². The summed E-state index contributed by atoms with van der Waals surface area (Å²) < 4.78 is 11.3. The highest BCUT2D eigenvalue weighted by Gasteiger charge is 2.68. The van der Waals surface area contributed by atoms with Gasteiger partial charge in [-0.1, -0.05) is 33.8 Å². The molecule has 1 amide bonds. The number of rotatable bonds is 7. The molecular formula is C31H49NO7S. The number of alkyl carbamates (subject to hydrolysis) is 1. The standard InChI is InChI=1S/C31H49NO7S/c1-7-29(5)16-24(30(6)18(3)11-13-31(19(4)27(29)36)14-12-21(33)26(30)31)39-25(35)17-40-23-10-9-20(15-22(23)34)32-28(37)38-8-2/h7,18-20,22-24,26-27,34,36H,1,8-17H2,2-6H3,(H,32,37)/t18?,19-,20+,22+,23+,24+,26-,27-,29+,30-,31-/m0/s1. The van der Waals surface area contributed by atoms with Crippen LogP contribution >= 0.6 is 11.8 Å². The van der Waals surface area contributed by atoms with Crippen LogP contribution in [0, 0.1) is 34.0 Å². The molecule has 4 aliphatic carbocycles. The average molecular weight is 580 g/mol. The van der Waals surface area contributed by atoms with Crippen LogP contribution in [0.3, 0.4) is 0 Å². The topological polar surface area (TPSA) is 122 Å². The van der Waals surface area contributed by atoms with E-state index in [1.54, 1.807) is 13.0 Å². The maximum Gasteiger partial charge on any atom is 0.407 e. The maximum absolute atomic E-state index is 13.5. The van der Waals surface area contributed by atoms with E-state index in [1.807, 2.05) is 6.92 Å². The summed E-state index contributed by atoms with van der Waals surface area (Å²) in [4.78, 5) is 38.7. The predicted molar refractivity (Wildman–Crippen MR) is 155 cm³/mol. The zero-order valence-electron chi connectivity index (χ0n) is 24.8. The molecule has 0 aromatic rings. The number of aliphatic hydroxyl groups is 2. The second kappa shape index (κ2) is 12.0. The summed E-state index contributed by atoms with van der Waals surface area (Å²) in [7, 11) is 0. The molecular weight excluding hydrogens is 530 g/mol. The molecule has 8 nitrogen and oxygen atoms in total. The Bertz CT molecular complexity index is 991. The van der Waals surface area contributed by atoms with Crippen LogP contribution in [-0.2, 0) is 19.1 Å². The van der Waals surface area contributed by atoms with Crippen molar-refractivity contribution in [1.82, 2.24) is 5.32 Å². The van der Waals surface area contributed by atoms with E-state index in [-0.39, 0.29) is 52.0 Å². The molecule has 0 aliphatic heterocycles. The second-order valence-corrected chi connectivity index (χ2v) is 14.6. The normalized spacial score (nSPS) is 45.0. The molecule has 0 aromatic carbocycles. The monoisotopic (exact) mass is 579 g/mol. The number of aliphatic hydroxyl groups excluding tert-OH is 2. The van der Waals surface area contributed by atoms with E-state index in [0.717, 1.165) is 19.3 Å². The molecule has 4 saturated carbocycles. The minimum Gasteiger partial charge on any atom is -0.461 e. The highest BCUT2D eigenvalue weighted by Crippen LogP contribution is 2.68. The SMILES string of the molecule is C=C[C@]1(C)C[C@@H](OC(=O)CS[C@@H]2CC[C@@H](NC(=O)OCC)C[C@H]2O)[C@]2(C)C(C)CC[C@]3(CCC(=O)[C@H]32)[C@@H](C)[C@@H]1O. The fourth-order valence-corrected chi connectivity index (χ4v) is 9.71. The van der Waals surface area contributed by atoms with Crippen molar-refractivity contribution >= 4 is 29.6 Å². The number of thioether (sulfide) groups is 1. The van der Waals surface area contributed by atoms with Gasteiger partial charge in [0.15, 0.2) is 0 Å². The lowest BCUT2D eigenvalue weighted by Gasteiger charge is -2.61. The zero-order chi connectivity index (χ0) is 29.5. The van der Waals surface area contributed by atoms with E-state index >= 15 is 0 Å². The first-order valence-electron chi connectivity index (χ1n) is 15.1. The first-order chi connectivity index (χ1) is 18.8. The van der Waals surface area contributed by atoms with Crippen molar-refractivity contribution in [3.05, 3.63) is 12.7 Å². The Hall–Kier alpha value is -1.58. The van der Waals surface area contributed by atoms with Crippen LogP contribution in [0.25, 0.3) is 0 Å². The summed E-state index contributed by atoms with van der Waals surface area (Å²) in [6.07, 6.45) is 4.71. The van der Waals surface area contributed by atoms with Gasteiger partial charge in [0.2, 0.25) is 0 Å². The minimum absolute atomic E-state index is 0.0686. The lowest BCUT2D eigenvalue weighted by Crippen LogP contribution is -2.63. The van der Waals surface area contributed by atoms with Gasteiger partial charge >= 0.3 is 12.1 Å². The lowest BCUT2D eigenvalue weighted by molar-refractivity contribution is -0.205. The van der Waals surface area contributed by atoms with Crippen LogP contribution in [0.4, 0.5) is 4.79 Å². The molecule has 0 saturated heterocycles. The second-order valence-electron chi connectivity index (χ2n) is 13.4. The van der Waals surface area contributed by atoms with E-state index in [0.29, 0.717) is 38.7 Å². The highest BCUT2D eigenvalue weighted by molar-refractivity contribution is 8.00. The molecule has 9 heteroatoms. The molecule has 4 rings (SSSR count). The zero-order valence-corrected chi connectivity index (χ0v) is 25.6. The summed E-state index contributed by atoms with van der Waals surface area (Å²) in [6.45, 7) is 14.5. The molecule has 0 spiro atoms. The molecule has 1 unspecified atom stereocenters. The Labute approximate surface area is 243 Å². The molecule has 3 N–H and O–H groups in total. The number of hydrogen-bond donors (Lipinski definition) is 3. The number of esters is 1. The van der Waals surface area contributed by atoms with Crippen molar-refractivity contribution < 1.29 is 34.1 Å². The number of carbonyl (C=O) groups excluding carboxylic acids is 3. The van der Waals surface area contributed by atoms with Crippen LogP contribution in [0.2, 0.25) is 0 Å². The van der Waals surface area contributed by atoms with Crippen molar-refractivity contribution in [3.8, 4) is 0 Å². The van der Waals surface area contributed by atoms with E-state index in [4.69, 9.17) is 9.47 Å². The molecule has 0 radical (unpaired) electrons. The molecule has 0 aromatic heterocycles. The summed E-state index contributed by atoms with van der Waals surface area (Å²) in [5.41, 5.74) is -1.51. The van der Waals surface area contributed by atoms with Gasteiger partial charge < -0.3 is 25.0 Å². The molecule has 4 fully saturated rings. The van der Waals surface area contributed by atoms with Gasteiger partial charge in [0, 0.05) is 34.5 Å². The predicted octanol–water partition coefficient (Wildman–Crippen LogP) is 4.65. The number of hydrogen-bond acceptors (Lipinski definition) is 8. The van der Waals surface area contributed by atoms with Crippen LogP contribution in [0.5, 0.6) is 0 Å². The van der Waals surface area contributed by atoms with Crippen molar-refractivity contribution in [2.24, 2.45) is 34.0 Å². The highest BCUT2D eigenvalue weighted by atomic mass is 32.2. The van der Waals surface area contributed by atoms with Gasteiger partial charge in [-0.15, -0.1) is 18.3 Å². The number of ketones is 1. The van der Waals surface area contributed by atoms with Gasteiger partial charge in [-0.2, -0.15) is 0 Å². The van der Waals surface area contributed by atoms with Gasteiger partial charge in [-0.25, -0.2) is 4.79 Å². The largest absolute Gasteiger partial charge is 0.461 e. The lowest BCUT2D eigenvalue weighted by atomic mass is 9.44. The molecule has 4 aliphatic rings. The first-order valence-corrected chi connectivity index (χ1v) is 16.1. The van der Waals surface area contributed by atoms with E-state index in [9.17, 15) is 24.6 Å². The van der Waals surface area contributed by atoms with E-state index in [1.165, 1.54) is 11.8 Å². The minimum atomic E-state index is -0.694. The van der Waals surface area contributed by atoms with Crippen LogP contribution in [0.1, 0.15) is 86.0 Å². The Morgan fingerprint density at radius 3 is 2.55 bits per heavy atom. The quantitative estimate of drug-likeness (QED) is 0.294. The first kappa shape index (κ1) is 31.4. The summed E-state index contributed by atoms with van der Waals surface area (Å²) in [5.74, 6) is -0.177. The molecule has 0 heterocycles. The number of ether oxygens (including phenoxy) is 2. The third-order valence-corrected chi connectivity index (χ3v) is 12.7. The summed E-state index contributed by atoms with van der Waals surface area (Å²) in [5, 5.41) is 25.0. The number of amides is 1. The fourth-order valence-electron chi connectivity index (χ4n) is 8.65. The van der Waals surface area contributed by atoms with Gasteiger partial charge in [-0.05, 0) is 69.1 Å². The number of Topliss-reactive ketones (excluding diaryl/α,β-unsaturated/α-hetero) is 1. The van der Waals surface area contributed by atoms with Crippen molar-refractivity contribution in [2.75, 3.05) is 12.4 Å². The number of nitrogens with one attached hydrogen (secondary N) is 1. The molecule has 40 heavy (non-hydrogen) atoms. The van der Waals surface area contributed by atoms with E-state index in [2.05, 4.69) is 32.7 Å². The van der Waals surface area contributed by atoms with Gasteiger partial charge in [-0.3, -0.25) is 9.59 Å². The van der Waals surface area contributed by atoms with Crippen molar-refractivity contribution in [1.29, 1.82) is 0 Å². The summed E-state index contributed by atoms with van der Waals surface area (Å²) in [6, 6.07) is -0.157. The van der Waals surface area contributed by atoms with Crippen molar-refractivity contribution in [3.63, 3.8) is 0 Å². The molecule has 226 valence electrons. The van der Waals surface area contributed by atoms with Crippen LogP contribution < -0.4 is 5.32 Å². The van der Waals surface area contributed by atoms with Gasteiger partial charge in [0.1, 0.15) is 11.9 Å². The van der Waals surface area contributed by atoms with Gasteiger partial charge in [0.05, 0.1) is 24.6 Å². The van der Waals surface area contributed by atoms with Gasteiger partial charge in [0.25, 0.3) is 0 Å². The van der Waals surface area contributed by atoms with Crippen LogP contribution in [-0.4, -0.2) is 70.0 Å². The third kappa shape index (κ3) is 5.47. The molecule has 11 atom stereocenters. The Morgan fingerprint density at radius 2 is 1.90 bits per heavy atom. The fraction of sp³-hybridized carbons (Fsp3) is 0.839. The Balaban J connectivity index is 1.49. The third-order valence-electron chi connectivity index (χ3n) is 11.3. The van der Waals surface area contributed by atoms with Crippen molar-refractivity contribution in [2.45, 2.75) is 116 Å². The van der Waals surface area contributed by atoms with E-state index < -0.39 is 35.2 Å². The molecule has 2 bridgehead atoms. The summed E-state index contributed by atoms with van der Waals surface area (Å²) >= 11 is 1.39. The Morgan fingerprint density at radius 1 is 1.18 bits per heavy atom. The Kier molecular flexibility index (Phi) is 9.38. The maximum atomic E-state index is 13.5. The smallest absolute Gasteiger partial charge is 0.407 e. The number of carbonyl (C=O) groups is 3.